The smallest absolute Gasteiger partial charge is 0.321 e. The zero-order valence-corrected chi connectivity index (χ0v) is 11.9. The summed E-state index contributed by atoms with van der Waals surface area (Å²) in [5.41, 5.74) is -0.545. The number of para-hydroxylation sites is 1. The number of benzene rings is 1. The van der Waals surface area contributed by atoms with E-state index < -0.39 is 17.6 Å². The molecule has 0 spiro atoms. The number of amides is 1. The number of rotatable bonds is 2. The number of aromatic nitrogens is 3. The molecule has 8 heteroatoms. The SMILES string of the molecule is Cc1nnc2cc(C(=O)Nc3ccccc3C(F)(F)F)ccn12. The van der Waals surface area contributed by atoms with E-state index in [1.807, 2.05) is 0 Å². The second-order valence-electron chi connectivity index (χ2n) is 4.89. The Morgan fingerprint density at radius 2 is 1.91 bits per heavy atom. The monoisotopic (exact) mass is 320 g/mol. The van der Waals surface area contributed by atoms with Crippen molar-refractivity contribution in [2.24, 2.45) is 0 Å². The quantitative estimate of drug-likeness (QED) is 0.788. The van der Waals surface area contributed by atoms with Gasteiger partial charge >= 0.3 is 6.18 Å². The van der Waals surface area contributed by atoms with Gasteiger partial charge in [0.2, 0.25) is 0 Å². The van der Waals surface area contributed by atoms with E-state index in [1.165, 1.54) is 30.3 Å². The molecule has 23 heavy (non-hydrogen) atoms. The fraction of sp³-hybridized carbons (Fsp3) is 0.133. The molecule has 118 valence electrons. The topological polar surface area (TPSA) is 59.3 Å². The van der Waals surface area contributed by atoms with Gasteiger partial charge in [0.1, 0.15) is 5.82 Å². The van der Waals surface area contributed by atoms with Gasteiger partial charge in [-0.3, -0.25) is 9.20 Å². The summed E-state index contributed by atoms with van der Waals surface area (Å²) in [6, 6.07) is 7.78. The first kappa shape index (κ1) is 15.0. The van der Waals surface area contributed by atoms with Crippen LogP contribution in [0.3, 0.4) is 0 Å². The summed E-state index contributed by atoms with van der Waals surface area (Å²) in [5.74, 6) is -0.000715. The van der Waals surface area contributed by atoms with Gasteiger partial charge in [0.15, 0.2) is 5.65 Å². The second-order valence-corrected chi connectivity index (χ2v) is 4.89. The summed E-state index contributed by atoms with van der Waals surface area (Å²) in [5, 5.41) is 10.0. The average Bonchev–Trinajstić information content (AvgIpc) is 2.87. The first-order valence-corrected chi connectivity index (χ1v) is 6.65. The number of alkyl halides is 3. The van der Waals surface area contributed by atoms with Crippen molar-refractivity contribution in [1.29, 1.82) is 0 Å². The fourth-order valence-corrected chi connectivity index (χ4v) is 2.19. The summed E-state index contributed by atoms with van der Waals surface area (Å²) >= 11 is 0. The second kappa shape index (κ2) is 5.38. The maximum absolute atomic E-state index is 12.9. The molecule has 1 aromatic carbocycles. The number of nitrogens with one attached hydrogen (secondary N) is 1. The number of anilines is 1. The Morgan fingerprint density at radius 3 is 2.65 bits per heavy atom. The number of hydrogen-bond acceptors (Lipinski definition) is 3. The first-order valence-electron chi connectivity index (χ1n) is 6.65. The molecule has 1 amide bonds. The van der Waals surface area contributed by atoms with Crippen molar-refractivity contribution in [2.75, 3.05) is 5.32 Å². The molecule has 1 N–H and O–H groups in total. The van der Waals surface area contributed by atoms with E-state index in [-0.39, 0.29) is 11.3 Å². The summed E-state index contributed by atoms with van der Waals surface area (Å²) in [6.45, 7) is 1.75. The third-order valence-corrected chi connectivity index (χ3v) is 3.32. The molecule has 0 fully saturated rings. The number of carbonyl (C=O) groups excluding carboxylic acids is 1. The zero-order chi connectivity index (χ0) is 16.6. The summed E-state index contributed by atoms with van der Waals surface area (Å²) < 4.78 is 40.5. The van der Waals surface area contributed by atoms with E-state index >= 15 is 0 Å². The van der Waals surface area contributed by atoms with Crippen LogP contribution >= 0.6 is 0 Å². The van der Waals surface area contributed by atoms with Crippen molar-refractivity contribution in [2.45, 2.75) is 13.1 Å². The molecule has 2 heterocycles. The molecule has 0 aliphatic rings. The van der Waals surface area contributed by atoms with Gasteiger partial charge in [-0.05, 0) is 31.2 Å². The van der Waals surface area contributed by atoms with Crippen LogP contribution in [-0.4, -0.2) is 20.5 Å². The van der Waals surface area contributed by atoms with Crippen molar-refractivity contribution in [1.82, 2.24) is 14.6 Å². The number of carbonyl (C=O) groups is 1. The number of nitrogens with zero attached hydrogens (tertiary/aromatic N) is 3. The summed E-state index contributed by atoms with van der Waals surface area (Å²) in [4.78, 5) is 12.2. The van der Waals surface area contributed by atoms with Crippen LogP contribution in [0.4, 0.5) is 18.9 Å². The highest BCUT2D eigenvalue weighted by Gasteiger charge is 2.33. The minimum Gasteiger partial charge on any atom is -0.321 e. The number of aryl methyl sites for hydroxylation is 1. The Kier molecular flexibility index (Phi) is 3.51. The van der Waals surface area contributed by atoms with Gasteiger partial charge in [0.05, 0.1) is 11.3 Å². The lowest BCUT2D eigenvalue weighted by Crippen LogP contribution is -2.16. The van der Waals surface area contributed by atoms with E-state index in [0.29, 0.717) is 11.5 Å². The third kappa shape index (κ3) is 2.87. The van der Waals surface area contributed by atoms with Crippen molar-refractivity contribution in [3.8, 4) is 0 Å². The molecule has 3 rings (SSSR count). The van der Waals surface area contributed by atoms with Crippen LogP contribution in [0.5, 0.6) is 0 Å². The molecule has 0 aliphatic heterocycles. The van der Waals surface area contributed by atoms with Gasteiger partial charge in [-0.2, -0.15) is 13.2 Å². The maximum atomic E-state index is 12.9. The largest absolute Gasteiger partial charge is 0.418 e. The lowest BCUT2D eigenvalue weighted by molar-refractivity contribution is -0.136. The van der Waals surface area contributed by atoms with Crippen molar-refractivity contribution >= 4 is 17.2 Å². The number of fused-ring (bicyclic) bond motifs is 1. The maximum Gasteiger partial charge on any atom is 0.418 e. The van der Waals surface area contributed by atoms with Gasteiger partial charge < -0.3 is 5.32 Å². The Balaban J connectivity index is 1.92. The van der Waals surface area contributed by atoms with Crippen LogP contribution < -0.4 is 5.32 Å². The van der Waals surface area contributed by atoms with Gasteiger partial charge in [-0.1, -0.05) is 12.1 Å². The first-order chi connectivity index (χ1) is 10.9. The predicted molar refractivity (Wildman–Crippen MR) is 77.1 cm³/mol. The lowest BCUT2D eigenvalue weighted by Gasteiger charge is -2.13. The molecule has 2 aromatic heterocycles. The Hall–Kier alpha value is -2.90. The average molecular weight is 320 g/mol. The lowest BCUT2D eigenvalue weighted by atomic mass is 10.1. The highest BCUT2D eigenvalue weighted by atomic mass is 19.4. The Bertz CT molecular complexity index is 886. The molecule has 0 unspecified atom stereocenters. The van der Waals surface area contributed by atoms with Crippen LogP contribution in [-0.2, 0) is 6.18 Å². The van der Waals surface area contributed by atoms with E-state index in [1.54, 1.807) is 17.5 Å². The van der Waals surface area contributed by atoms with Crippen molar-refractivity contribution in [3.63, 3.8) is 0 Å². The minimum atomic E-state index is -4.54. The molecule has 0 saturated heterocycles. The molecule has 0 aliphatic carbocycles. The van der Waals surface area contributed by atoms with Crippen LogP contribution in [0, 0.1) is 6.92 Å². The fourth-order valence-electron chi connectivity index (χ4n) is 2.19. The third-order valence-electron chi connectivity index (χ3n) is 3.32. The van der Waals surface area contributed by atoms with Gasteiger partial charge in [-0.25, -0.2) is 0 Å². The molecule has 0 atom stereocenters. The van der Waals surface area contributed by atoms with Crippen LogP contribution in [0.2, 0.25) is 0 Å². The minimum absolute atomic E-state index is 0.196. The van der Waals surface area contributed by atoms with Gasteiger partial charge in [0.25, 0.3) is 5.91 Å². The van der Waals surface area contributed by atoms with Gasteiger partial charge in [0, 0.05) is 11.8 Å². The number of halogens is 3. The van der Waals surface area contributed by atoms with Crippen molar-refractivity contribution < 1.29 is 18.0 Å². The standard InChI is InChI=1S/C15H11F3N4O/c1-9-20-21-13-8-10(6-7-22(9)13)14(23)19-12-5-3-2-4-11(12)15(16,17)18/h2-8H,1H3,(H,19,23). The Labute approximate surface area is 128 Å². The zero-order valence-electron chi connectivity index (χ0n) is 11.9. The molecule has 0 saturated carbocycles. The number of hydrogen-bond donors (Lipinski definition) is 1. The molecule has 0 radical (unpaired) electrons. The highest BCUT2D eigenvalue weighted by molar-refractivity contribution is 6.05. The van der Waals surface area contributed by atoms with Crippen LogP contribution in [0.25, 0.3) is 5.65 Å². The van der Waals surface area contributed by atoms with Crippen molar-refractivity contribution in [3.05, 3.63) is 59.5 Å². The molecule has 5 nitrogen and oxygen atoms in total. The Morgan fingerprint density at radius 1 is 1.17 bits per heavy atom. The molecular formula is C15H11F3N4O. The van der Waals surface area contributed by atoms with Gasteiger partial charge in [-0.15, -0.1) is 10.2 Å². The van der Waals surface area contributed by atoms with E-state index in [9.17, 15) is 18.0 Å². The molecule has 3 aromatic rings. The van der Waals surface area contributed by atoms with Crippen LogP contribution in [0.1, 0.15) is 21.7 Å². The summed E-state index contributed by atoms with van der Waals surface area (Å²) in [6.07, 6.45) is -2.95. The molecular weight excluding hydrogens is 309 g/mol. The van der Waals surface area contributed by atoms with E-state index in [2.05, 4.69) is 15.5 Å². The predicted octanol–water partition coefficient (Wildman–Crippen LogP) is 3.31. The van der Waals surface area contributed by atoms with Crippen LogP contribution in [0.15, 0.2) is 42.6 Å². The number of pyridine rings is 1. The normalized spacial score (nSPS) is 11.7. The highest BCUT2D eigenvalue weighted by Crippen LogP contribution is 2.34. The summed E-state index contributed by atoms with van der Waals surface area (Å²) in [7, 11) is 0. The van der Waals surface area contributed by atoms with E-state index in [4.69, 9.17) is 0 Å². The van der Waals surface area contributed by atoms with E-state index in [0.717, 1.165) is 6.07 Å². The molecule has 0 bridgehead atoms.